The number of piperidine rings is 1. The van der Waals surface area contributed by atoms with E-state index in [-0.39, 0.29) is 18.5 Å². The highest BCUT2D eigenvalue weighted by molar-refractivity contribution is 7.93. The lowest BCUT2D eigenvalue weighted by atomic mass is 9.89. The maximum atomic E-state index is 13.3. The van der Waals surface area contributed by atoms with Gasteiger partial charge in [-0.1, -0.05) is 36.4 Å². The van der Waals surface area contributed by atoms with E-state index in [1.807, 2.05) is 36.4 Å². The summed E-state index contributed by atoms with van der Waals surface area (Å²) in [6, 6.07) is 17.9. The van der Waals surface area contributed by atoms with E-state index < -0.39 is 10.0 Å². The number of likely N-dealkylation sites (tertiary alicyclic amines) is 1. The SMILES string of the molecule is COC(CN1CCC(c2ccc(F)cc2)CC1)CN1c2cccc3cccc(c23)S1(=O)=O. The Balaban J connectivity index is 1.27. The summed E-state index contributed by atoms with van der Waals surface area (Å²) in [4.78, 5) is 2.71. The van der Waals surface area contributed by atoms with Crippen LogP contribution in [-0.4, -0.2) is 52.7 Å². The molecule has 1 unspecified atom stereocenters. The Kier molecular flexibility index (Phi) is 5.65. The zero-order chi connectivity index (χ0) is 22.3. The fourth-order valence-electron chi connectivity index (χ4n) is 5.02. The highest BCUT2D eigenvalue weighted by Gasteiger charge is 2.37. The van der Waals surface area contributed by atoms with Crippen LogP contribution in [-0.2, 0) is 14.8 Å². The van der Waals surface area contributed by atoms with Gasteiger partial charge in [-0.05, 0) is 67.1 Å². The normalized spacial score (nSPS) is 19.5. The van der Waals surface area contributed by atoms with Crippen LogP contribution in [0.3, 0.4) is 0 Å². The molecule has 0 aromatic heterocycles. The van der Waals surface area contributed by atoms with Crippen LogP contribution in [0.4, 0.5) is 10.1 Å². The first-order valence-corrected chi connectivity index (χ1v) is 12.5. The van der Waals surface area contributed by atoms with E-state index in [2.05, 4.69) is 4.90 Å². The van der Waals surface area contributed by atoms with Gasteiger partial charge in [-0.2, -0.15) is 0 Å². The third-order valence-electron chi connectivity index (χ3n) is 6.77. The first-order valence-electron chi connectivity index (χ1n) is 11.0. The fraction of sp³-hybridized carbons (Fsp3) is 0.360. The lowest BCUT2D eigenvalue weighted by molar-refractivity contribution is 0.0617. The predicted octanol–water partition coefficient (Wildman–Crippen LogP) is 4.38. The van der Waals surface area contributed by atoms with Gasteiger partial charge in [0.25, 0.3) is 10.0 Å². The first-order chi connectivity index (χ1) is 15.5. The van der Waals surface area contributed by atoms with Crippen LogP contribution in [0.5, 0.6) is 0 Å². The third-order valence-corrected chi connectivity index (χ3v) is 8.60. The minimum absolute atomic E-state index is 0.205. The lowest BCUT2D eigenvalue weighted by Crippen LogP contribution is -2.44. The highest BCUT2D eigenvalue weighted by atomic mass is 32.2. The molecule has 2 aliphatic rings. The minimum atomic E-state index is -3.59. The van der Waals surface area contributed by atoms with Crippen LogP contribution in [0.25, 0.3) is 10.8 Å². The summed E-state index contributed by atoms with van der Waals surface area (Å²) in [5.74, 6) is 0.225. The van der Waals surface area contributed by atoms with E-state index in [1.54, 1.807) is 19.2 Å². The van der Waals surface area contributed by atoms with Gasteiger partial charge in [0, 0.05) is 19.0 Å². The van der Waals surface area contributed by atoms with Crippen molar-refractivity contribution in [2.24, 2.45) is 0 Å². The second-order valence-corrected chi connectivity index (χ2v) is 10.5. The van der Waals surface area contributed by atoms with Crippen molar-refractivity contribution in [2.75, 3.05) is 37.6 Å². The molecule has 168 valence electrons. The zero-order valence-electron chi connectivity index (χ0n) is 18.1. The van der Waals surface area contributed by atoms with Crippen LogP contribution in [0.2, 0.25) is 0 Å². The molecule has 0 aliphatic carbocycles. The van der Waals surface area contributed by atoms with Crippen LogP contribution >= 0.6 is 0 Å². The van der Waals surface area contributed by atoms with Crippen molar-refractivity contribution in [3.8, 4) is 0 Å². The number of ether oxygens (including phenoxy) is 1. The van der Waals surface area contributed by atoms with E-state index >= 15 is 0 Å². The van der Waals surface area contributed by atoms with Gasteiger partial charge >= 0.3 is 0 Å². The molecule has 5 rings (SSSR count). The molecule has 0 radical (unpaired) electrons. The summed E-state index contributed by atoms with van der Waals surface area (Å²) < 4.78 is 47.0. The molecule has 7 heteroatoms. The topological polar surface area (TPSA) is 49.9 Å². The molecule has 0 bridgehead atoms. The van der Waals surface area contributed by atoms with E-state index in [0.717, 1.165) is 42.4 Å². The van der Waals surface area contributed by atoms with Crippen molar-refractivity contribution in [2.45, 2.75) is 29.8 Å². The van der Waals surface area contributed by atoms with Gasteiger partial charge in [0.2, 0.25) is 0 Å². The van der Waals surface area contributed by atoms with Gasteiger partial charge in [0.15, 0.2) is 0 Å². The molecule has 1 fully saturated rings. The van der Waals surface area contributed by atoms with Gasteiger partial charge in [-0.3, -0.25) is 4.31 Å². The van der Waals surface area contributed by atoms with E-state index in [4.69, 9.17) is 4.74 Å². The first kappa shape index (κ1) is 21.4. The summed E-state index contributed by atoms with van der Waals surface area (Å²) in [6.07, 6.45) is 1.75. The lowest BCUT2D eigenvalue weighted by Gasteiger charge is -2.35. The number of hydrogen-bond acceptors (Lipinski definition) is 4. The smallest absolute Gasteiger partial charge is 0.265 e. The number of halogens is 1. The van der Waals surface area contributed by atoms with Crippen LogP contribution in [0.1, 0.15) is 24.3 Å². The summed E-state index contributed by atoms with van der Waals surface area (Å²) in [5.41, 5.74) is 1.92. The number of benzene rings is 3. The number of sulfonamides is 1. The van der Waals surface area contributed by atoms with Crippen molar-refractivity contribution in [3.05, 3.63) is 72.0 Å². The summed E-state index contributed by atoms with van der Waals surface area (Å²) in [7, 11) is -1.94. The Labute approximate surface area is 188 Å². The highest BCUT2D eigenvalue weighted by Crippen LogP contribution is 2.42. The maximum Gasteiger partial charge on any atom is 0.265 e. The van der Waals surface area contributed by atoms with Crippen LogP contribution in [0, 0.1) is 5.82 Å². The van der Waals surface area contributed by atoms with Gasteiger partial charge in [-0.25, -0.2) is 12.8 Å². The standard InChI is InChI=1S/C25H27FN2O3S/c1-31-22(16-27-14-12-19(13-15-27)18-8-10-21(26)11-9-18)17-28-23-6-2-4-20-5-3-7-24(25(20)23)32(28,29)30/h2-11,19,22H,12-17H2,1H3. The second-order valence-electron chi connectivity index (χ2n) is 8.65. The third kappa shape index (κ3) is 3.78. The average Bonchev–Trinajstić information content (AvgIpc) is 3.03. The van der Waals surface area contributed by atoms with Crippen molar-refractivity contribution in [3.63, 3.8) is 0 Å². The van der Waals surface area contributed by atoms with E-state index in [1.165, 1.54) is 22.0 Å². The average molecular weight is 455 g/mol. The molecule has 0 N–H and O–H groups in total. The Morgan fingerprint density at radius 1 is 1.00 bits per heavy atom. The molecule has 5 nitrogen and oxygen atoms in total. The molecule has 0 spiro atoms. The quantitative estimate of drug-likeness (QED) is 0.555. The Morgan fingerprint density at radius 3 is 2.38 bits per heavy atom. The Bertz CT molecular complexity index is 1220. The van der Waals surface area contributed by atoms with E-state index in [0.29, 0.717) is 17.4 Å². The number of nitrogens with zero attached hydrogens (tertiary/aromatic N) is 2. The van der Waals surface area contributed by atoms with Gasteiger partial charge in [-0.15, -0.1) is 0 Å². The molecular weight excluding hydrogens is 427 g/mol. The zero-order valence-corrected chi connectivity index (χ0v) is 18.9. The molecule has 0 saturated carbocycles. The molecule has 0 amide bonds. The van der Waals surface area contributed by atoms with Gasteiger partial charge in [0.05, 0.1) is 23.2 Å². The van der Waals surface area contributed by atoms with Crippen molar-refractivity contribution >= 4 is 26.5 Å². The van der Waals surface area contributed by atoms with Gasteiger partial charge in [0.1, 0.15) is 5.82 Å². The second kappa shape index (κ2) is 8.46. The monoisotopic (exact) mass is 454 g/mol. The number of anilines is 1. The maximum absolute atomic E-state index is 13.3. The fourth-order valence-corrected chi connectivity index (χ4v) is 6.76. The summed E-state index contributed by atoms with van der Waals surface area (Å²) in [6.45, 7) is 2.77. The van der Waals surface area contributed by atoms with Gasteiger partial charge < -0.3 is 9.64 Å². The van der Waals surface area contributed by atoms with Crippen LogP contribution < -0.4 is 4.31 Å². The molecular formula is C25H27FN2O3S. The molecule has 2 aliphatic heterocycles. The van der Waals surface area contributed by atoms with E-state index in [9.17, 15) is 12.8 Å². The summed E-state index contributed by atoms with van der Waals surface area (Å²) >= 11 is 0. The largest absolute Gasteiger partial charge is 0.378 e. The van der Waals surface area contributed by atoms with Crippen molar-refractivity contribution in [1.82, 2.24) is 4.90 Å². The Hall–Kier alpha value is -2.48. The van der Waals surface area contributed by atoms with Crippen molar-refractivity contribution < 1.29 is 17.5 Å². The van der Waals surface area contributed by atoms with Crippen LogP contribution in [0.15, 0.2) is 65.6 Å². The minimum Gasteiger partial charge on any atom is -0.378 e. The van der Waals surface area contributed by atoms with Crippen molar-refractivity contribution in [1.29, 1.82) is 0 Å². The predicted molar refractivity (Wildman–Crippen MR) is 124 cm³/mol. The number of hydrogen-bond donors (Lipinski definition) is 0. The number of rotatable bonds is 6. The molecule has 3 aromatic carbocycles. The molecule has 2 heterocycles. The summed E-state index contributed by atoms with van der Waals surface area (Å²) in [5, 5.41) is 1.73. The Morgan fingerprint density at radius 2 is 1.69 bits per heavy atom. The molecule has 3 aromatic rings. The molecule has 32 heavy (non-hydrogen) atoms. The molecule has 1 atom stereocenters. The number of methoxy groups -OCH3 is 1. The molecule has 1 saturated heterocycles.